The van der Waals surface area contributed by atoms with Crippen molar-refractivity contribution in [1.29, 1.82) is 0 Å². The van der Waals surface area contributed by atoms with Gasteiger partial charge in [0.2, 0.25) is 0 Å². The number of rotatable bonds is 4. The second-order valence-electron chi connectivity index (χ2n) is 4.41. The van der Waals surface area contributed by atoms with E-state index in [4.69, 9.17) is 11.6 Å². The highest BCUT2D eigenvalue weighted by Gasteiger charge is 2.05. The van der Waals surface area contributed by atoms with Gasteiger partial charge in [-0.1, -0.05) is 17.7 Å². The third-order valence-electron chi connectivity index (χ3n) is 2.99. The number of aromatic nitrogens is 4. The summed E-state index contributed by atoms with van der Waals surface area (Å²) >= 11 is 5.88. The Labute approximate surface area is 125 Å². The number of halogens is 1. The van der Waals surface area contributed by atoms with E-state index < -0.39 is 0 Å². The van der Waals surface area contributed by atoms with Crippen LogP contribution in [0, 0.1) is 0 Å². The molecule has 7 heteroatoms. The summed E-state index contributed by atoms with van der Waals surface area (Å²) in [5.41, 5.74) is 2.22. The Balaban J connectivity index is 1.70. The summed E-state index contributed by atoms with van der Waals surface area (Å²) in [6.45, 7) is 0.657. The number of phenolic OH excluding ortho intramolecular Hbond substituents is 1. The van der Waals surface area contributed by atoms with Crippen molar-refractivity contribution < 1.29 is 5.11 Å². The quantitative estimate of drug-likeness (QED) is 0.770. The fraction of sp³-hybridized carbons (Fsp3) is 0.143. The monoisotopic (exact) mass is 301 g/mol. The topological polar surface area (TPSA) is 83.8 Å². The first-order chi connectivity index (χ1) is 10.2. The van der Waals surface area contributed by atoms with Crippen LogP contribution in [0.3, 0.4) is 0 Å². The third kappa shape index (κ3) is 3.00. The van der Waals surface area contributed by atoms with Crippen molar-refractivity contribution in [2.45, 2.75) is 6.42 Å². The number of phenols is 1. The fourth-order valence-electron chi connectivity index (χ4n) is 1.96. The van der Waals surface area contributed by atoms with E-state index in [0.717, 1.165) is 12.0 Å². The average Bonchev–Trinajstić information content (AvgIpc) is 2.51. The second-order valence-corrected chi connectivity index (χ2v) is 4.82. The Morgan fingerprint density at radius 2 is 1.95 bits per heavy atom. The van der Waals surface area contributed by atoms with Gasteiger partial charge in [0.15, 0.2) is 11.5 Å². The standard InChI is InChI=1S/C14H12ClN5O/c15-10-7-9(1-2-11(10)21)3-4-17-13-12-14(20-8-19-13)18-6-5-16-12/h1-2,5-8,21H,3-4H2,(H,17,18,19,20). The van der Waals surface area contributed by atoms with Crippen LogP contribution in [0.2, 0.25) is 5.02 Å². The Morgan fingerprint density at radius 1 is 1.10 bits per heavy atom. The van der Waals surface area contributed by atoms with E-state index in [-0.39, 0.29) is 5.75 Å². The highest BCUT2D eigenvalue weighted by atomic mass is 35.5. The first-order valence-corrected chi connectivity index (χ1v) is 6.75. The van der Waals surface area contributed by atoms with E-state index in [2.05, 4.69) is 25.3 Å². The largest absolute Gasteiger partial charge is 0.506 e. The van der Waals surface area contributed by atoms with Gasteiger partial charge in [-0.05, 0) is 24.1 Å². The molecule has 6 nitrogen and oxygen atoms in total. The highest BCUT2D eigenvalue weighted by Crippen LogP contribution is 2.23. The van der Waals surface area contributed by atoms with E-state index in [9.17, 15) is 5.11 Å². The zero-order valence-corrected chi connectivity index (χ0v) is 11.7. The number of hydrogen-bond acceptors (Lipinski definition) is 6. The molecule has 0 saturated heterocycles. The number of aromatic hydroxyl groups is 1. The molecule has 0 saturated carbocycles. The molecule has 0 amide bonds. The molecular weight excluding hydrogens is 290 g/mol. The molecule has 21 heavy (non-hydrogen) atoms. The molecule has 0 radical (unpaired) electrons. The van der Waals surface area contributed by atoms with Gasteiger partial charge < -0.3 is 10.4 Å². The predicted octanol–water partition coefficient (Wildman–Crippen LogP) is 2.43. The maximum Gasteiger partial charge on any atom is 0.183 e. The number of nitrogens with one attached hydrogen (secondary N) is 1. The normalized spacial score (nSPS) is 10.7. The van der Waals surface area contributed by atoms with Gasteiger partial charge in [-0.2, -0.15) is 0 Å². The Kier molecular flexibility index (Phi) is 3.79. The predicted molar refractivity (Wildman–Crippen MR) is 80.4 cm³/mol. The molecule has 3 rings (SSSR count). The van der Waals surface area contributed by atoms with Crippen molar-refractivity contribution >= 4 is 28.6 Å². The van der Waals surface area contributed by atoms with Crippen LogP contribution in [0.15, 0.2) is 36.9 Å². The SMILES string of the molecule is Oc1ccc(CCNc2ncnc3nccnc23)cc1Cl. The smallest absolute Gasteiger partial charge is 0.183 e. The van der Waals surface area contributed by atoms with Crippen LogP contribution in [0.25, 0.3) is 11.2 Å². The molecule has 0 spiro atoms. The summed E-state index contributed by atoms with van der Waals surface area (Å²) in [6.07, 6.45) is 5.40. The average molecular weight is 302 g/mol. The van der Waals surface area contributed by atoms with E-state index in [0.29, 0.717) is 28.5 Å². The number of hydrogen-bond donors (Lipinski definition) is 2. The molecule has 0 bridgehead atoms. The van der Waals surface area contributed by atoms with Crippen LogP contribution < -0.4 is 5.32 Å². The van der Waals surface area contributed by atoms with Crippen LogP contribution in [0.4, 0.5) is 5.82 Å². The maximum atomic E-state index is 9.39. The first kappa shape index (κ1) is 13.5. The lowest BCUT2D eigenvalue weighted by molar-refractivity contribution is 0.475. The van der Waals surface area contributed by atoms with E-state index >= 15 is 0 Å². The Morgan fingerprint density at radius 3 is 2.81 bits per heavy atom. The number of nitrogens with zero attached hydrogens (tertiary/aromatic N) is 4. The van der Waals surface area contributed by atoms with Gasteiger partial charge in [0.1, 0.15) is 17.6 Å². The van der Waals surface area contributed by atoms with Crippen molar-refractivity contribution in [1.82, 2.24) is 19.9 Å². The minimum Gasteiger partial charge on any atom is -0.506 e. The molecule has 0 unspecified atom stereocenters. The minimum absolute atomic E-state index is 0.0884. The third-order valence-corrected chi connectivity index (χ3v) is 3.29. The zero-order valence-electron chi connectivity index (χ0n) is 11.0. The summed E-state index contributed by atoms with van der Waals surface area (Å²) in [5, 5.41) is 12.9. The van der Waals surface area contributed by atoms with E-state index in [1.54, 1.807) is 24.5 Å². The summed E-state index contributed by atoms with van der Waals surface area (Å²) < 4.78 is 0. The molecule has 0 aliphatic carbocycles. The van der Waals surface area contributed by atoms with Gasteiger partial charge in [-0.3, -0.25) is 0 Å². The molecule has 3 aromatic rings. The fourth-order valence-corrected chi connectivity index (χ4v) is 2.16. The van der Waals surface area contributed by atoms with E-state index in [1.807, 2.05) is 6.07 Å². The number of benzene rings is 1. The van der Waals surface area contributed by atoms with Gasteiger partial charge in [-0.15, -0.1) is 0 Å². The Hall–Kier alpha value is -2.47. The summed E-state index contributed by atoms with van der Waals surface area (Å²) in [5.74, 6) is 0.739. The van der Waals surface area contributed by atoms with Crippen LogP contribution >= 0.6 is 11.6 Å². The van der Waals surface area contributed by atoms with Crippen LogP contribution in [0.5, 0.6) is 5.75 Å². The van der Waals surface area contributed by atoms with Crippen molar-refractivity contribution in [3.63, 3.8) is 0 Å². The van der Waals surface area contributed by atoms with Gasteiger partial charge >= 0.3 is 0 Å². The van der Waals surface area contributed by atoms with Gasteiger partial charge in [0, 0.05) is 18.9 Å². The van der Waals surface area contributed by atoms with Gasteiger partial charge in [0.25, 0.3) is 0 Å². The molecule has 0 fully saturated rings. The first-order valence-electron chi connectivity index (χ1n) is 6.37. The second kappa shape index (κ2) is 5.88. The molecule has 1 aromatic carbocycles. The lowest BCUT2D eigenvalue weighted by atomic mass is 10.1. The van der Waals surface area contributed by atoms with Crippen LogP contribution in [-0.4, -0.2) is 31.6 Å². The molecule has 2 N–H and O–H groups in total. The number of anilines is 1. The summed E-state index contributed by atoms with van der Waals surface area (Å²) in [6, 6.07) is 5.17. The lowest BCUT2D eigenvalue weighted by Gasteiger charge is -2.07. The zero-order chi connectivity index (χ0) is 14.7. The Bertz CT molecular complexity index is 775. The molecule has 106 valence electrons. The molecule has 0 aliphatic rings. The lowest BCUT2D eigenvalue weighted by Crippen LogP contribution is -2.08. The molecule has 2 aromatic heterocycles. The van der Waals surface area contributed by atoms with E-state index in [1.165, 1.54) is 6.33 Å². The van der Waals surface area contributed by atoms with Gasteiger partial charge in [0.05, 0.1) is 5.02 Å². The molecular formula is C14H12ClN5O. The van der Waals surface area contributed by atoms with Crippen LogP contribution in [0.1, 0.15) is 5.56 Å². The molecule has 0 aliphatic heterocycles. The number of fused-ring (bicyclic) bond motifs is 1. The minimum atomic E-state index is 0.0884. The van der Waals surface area contributed by atoms with Crippen molar-refractivity contribution in [3.05, 3.63) is 47.5 Å². The molecule has 0 atom stereocenters. The van der Waals surface area contributed by atoms with Crippen molar-refractivity contribution in [3.8, 4) is 5.75 Å². The summed E-state index contributed by atoms with van der Waals surface area (Å²) in [4.78, 5) is 16.6. The molecule has 2 heterocycles. The van der Waals surface area contributed by atoms with Crippen molar-refractivity contribution in [2.24, 2.45) is 0 Å². The van der Waals surface area contributed by atoms with Crippen molar-refractivity contribution in [2.75, 3.05) is 11.9 Å². The maximum absolute atomic E-state index is 9.39. The highest BCUT2D eigenvalue weighted by molar-refractivity contribution is 6.32. The van der Waals surface area contributed by atoms with Crippen LogP contribution in [-0.2, 0) is 6.42 Å². The summed E-state index contributed by atoms with van der Waals surface area (Å²) in [7, 11) is 0. The van der Waals surface area contributed by atoms with Gasteiger partial charge in [-0.25, -0.2) is 19.9 Å².